The summed E-state index contributed by atoms with van der Waals surface area (Å²) < 4.78 is 25.1. The van der Waals surface area contributed by atoms with Crippen molar-refractivity contribution in [3.8, 4) is 0 Å². The molecule has 0 radical (unpaired) electrons. The first-order valence-electron chi connectivity index (χ1n) is 6.02. The maximum atomic E-state index is 12.6. The molecule has 0 atom stereocenters. The molecule has 100 valence electrons. The van der Waals surface area contributed by atoms with Crippen molar-refractivity contribution in [3.63, 3.8) is 0 Å². The number of nitrogens with one attached hydrogen (secondary N) is 1. The van der Waals surface area contributed by atoms with Crippen LogP contribution in [0.15, 0.2) is 29.2 Å². The van der Waals surface area contributed by atoms with E-state index in [0.29, 0.717) is 16.7 Å². The van der Waals surface area contributed by atoms with Gasteiger partial charge in [-0.25, -0.2) is 0 Å². The van der Waals surface area contributed by atoms with E-state index in [2.05, 4.69) is 24.1 Å². The molecular weight excluding hydrogens is 254 g/mol. The summed E-state index contributed by atoms with van der Waals surface area (Å²) >= 11 is 0.623. The maximum Gasteiger partial charge on any atom is 0.288 e. The zero-order valence-corrected chi connectivity index (χ0v) is 11.4. The molecule has 1 heterocycles. The van der Waals surface area contributed by atoms with Gasteiger partial charge in [-0.05, 0) is 26.0 Å². The van der Waals surface area contributed by atoms with E-state index in [1.165, 1.54) is 0 Å². The molecule has 0 saturated carbocycles. The number of hydrogen-bond acceptors (Lipinski definition) is 3. The van der Waals surface area contributed by atoms with Crippen LogP contribution < -0.4 is 10.2 Å². The maximum absolute atomic E-state index is 12.6. The van der Waals surface area contributed by atoms with Gasteiger partial charge < -0.3 is 10.2 Å². The van der Waals surface area contributed by atoms with E-state index in [1.807, 2.05) is 18.2 Å². The Morgan fingerprint density at radius 1 is 1.33 bits per heavy atom. The third kappa shape index (κ3) is 3.36. The molecule has 1 saturated heterocycles. The number of alkyl halides is 2. The molecule has 0 spiro atoms. The van der Waals surface area contributed by atoms with E-state index >= 15 is 0 Å². The number of hydrogen-bond donors (Lipinski definition) is 1. The number of piperazine rings is 1. The minimum absolute atomic E-state index is 0.0147. The molecule has 1 fully saturated rings. The Bertz CT molecular complexity index is 410. The van der Waals surface area contributed by atoms with Crippen LogP contribution in [-0.2, 0) is 0 Å². The molecule has 2 rings (SSSR count). The monoisotopic (exact) mass is 272 g/mol. The van der Waals surface area contributed by atoms with Crippen LogP contribution in [0.3, 0.4) is 0 Å². The first-order valence-corrected chi connectivity index (χ1v) is 6.90. The molecule has 1 aromatic rings. The third-order valence-corrected chi connectivity index (χ3v) is 3.77. The molecule has 0 amide bonds. The fraction of sp³-hybridized carbons (Fsp3) is 0.538. The van der Waals surface area contributed by atoms with Gasteiger partial charge >= 0.3 is 0 Å². The number of rotatable bonds is 3. The van der Waals surface area contributed by atoms with Crippen molar-refractivity contribution in [3.05, 3.63) is 24.3 Å². The topological polar surface area (TPSA) is 15.3 Å². The summed E-state index contributed by atoms with van der Waals surface area (Å²) in [5.74, 6) is -2.37. The Hall–Kier alpha value is -0.810. The molecule has 18 heavy (non-hydrogen) atoms. The predicted molar refractivity (Wildman–Crippen MR) is 72.6 cm³/mol. The minimum Gasteiger partial charge on any atom is -0.368 e. The highest BCUT2D eigenvalue weighted by atomic mass is 32.2. The van der Waals surface area contributed by atoms with Crippen LogP contribution in [0, 0.1) is 0 Å². The summed E-state index contributed by atoms with van der Waals surface area (Å²) in [7, 11) is 0. The Morgan fingerprint density at radius 3 is 2.72 bits per heavy atom. The van der Waals surface area contributed by atoms with Gasteiger partial charge in [-0.3, -0.25) is 0 Å². The van der Waals surface area contributed by atoms with Crippen molar-refractivity contribution in [1.29, 1.82) is 0 Å². The van der Waals surface area contributed by atoms with Crippen molar-refractivity contribution in [2.45, 2.75) is 30.0 Å². The molecule has 2 nitrogen and oxygen atoms in total. The Balaban J connectivity index is 2.21. The second-order valence-electron chi connectivity index (χ2n) is 5.08. The number of nitrogens with zero attached hydrogens (tertiary/aromatic N) is 1. The lowest BCUT2D eigenvalue weighted by atomic mass is 10.0. The normalized spacial score (nSPS) is 19.3. The van der Waals surface area contributed by atoms with Gasteiger partial charge in [0.05, 0.1) is 5.69 Å². The molecule has 1 aromatic carbocycles. The van der Waals surface area contributed by atoms with Crippen molar-refractivity contribution in [2.75, 3.05) is 24.5 Å². The van der Waals surface area contributed by atoms with Gasteiger partial charge in [-0.15, -0.1) is 0 Å². The van der Waals surface area contributed by atoms with E-state index in [9.17, 15) is 8.78 Å². The first kappa shape index (κ1) is 13.6. The van der Waals surface area contributed by atoms with Gasteiger partial charge in [-0.2, -0.15) is 8.78 Å². The van der Waals surface area contributed by atoms with E-state index in [-0.39, 0.29) is 5.54 Å². The molecule has 0 aromatic heterocycles. The van der Waals surface area contributed by atoms with Crippen molar-refractivity contribution < 1.29 is 8.78 Å². The lowest BCUT2D eigenvalue weighted by Gasteiger charge is -2.41. The van der Waals surface area contributed by atoms with Crippen LogP contribution in [0.1, 0.15) is 13.8 Å². The smallest absolute Gasteiger partial charge is 0.288 e. The molecule has 1 aliphatic heterocycles. The van der Waals surface area contributed by atoms with Crippen LogP contribution in [0.2, 0.25) is 0 Å². The minimum atomic E-state index is -2.37. The number of halogens is 2. The lowest BCUT2D eigenvalue weighted by molar-refractivity contribution is 0.252. The Labute approximate surface area is 111 Å². The van der Waals surface area contributed by atoms with Gasteiger partial charge in [0.15, 0.2) is 0 Å². The average Bonchev–Trinajstić information content (AvgIpc) is 2.27. The molecule has 0 bridgehead atoms. The highest BCUT2D eigenvalue weighted by Gasteiger charge is 2.27. The van der Waals surface area contributed by atoms with Crippen LogP contribution in [0.25, 0.3) is 0 Å². The molecule has 0 aliphatic carbocycles. The fourth-order valence-electron chi connectivity index (χ4n) is 2.26. The summed E-state index contributed by atoms with van der Waals surface area (Å²) in [4.78, 5) is 2.84. The lowest BCUT2D eigenvalue weighted by Crippen LogP contribution is -2.57. The molecule has 5 heteroatoms. The second kappa shape index (κ2) is 5.45. The van der Waals surface area contributed by atoms with E-state index in [0.717, 1.165) is 25.3 Å². The highest BCUT2D eigenvalue weighted by Crippen LogP contribution is 2.34. The van der Waals surface area contributed by atoms with Crippen LogP contribution in [0.5, 0.6) is 0 Å². The van der Waals surface area contributed by atoms with Gasteiger partial charge in [0, 0.05) is 30.1 Å². The van der Waals surface area contributed by atoms with Gasteiger partial charge in [0.2, 0.25) is 0 Å². The number of benzene rings is 1. The zero-order chi connectivity index (χ0) is 13.2. The van der Waals surface area contributed by atoms with Gasteiger partial charge in [-0.1, -0.05) is 23.9 Å². The zero-order valence-electron chi connectivity index (χ0n) is 10.6. The summed E-state index contributed by atoms with van der Waals surface area (Å²) in [5, 5.41) is 3.42. The van der Waals surface area contributed by atoms with Crippen LogP contribution in [-0.4, -0.2) is 30.9 Å². The summed E-state index contributed by atoms with van der Waals surface area (Å²) in [6, 6.07) is 7.40. The SMILES string of the molecule is CC1(C)CN(c2ccccc2SC(F)F)CCN1. The molecule has 1 N–H and O–H groups in total. The highest BCUT2D eigenvalue weighted by molar-refractivity contribution is 7.99. The summed E-state index contributed by atoms with van der Waals surface area (Å²) in [6.07, 6.45) is 0. The predicted octanol–water partition coefficient (Wildman–Crippen LogP) is 3.19. The van der Waals surface area contributed by atoms with Crippen LogP contribution in [0.4, 0.5) is 14.5 Å². The van der Waals surface area contributed by atoms with Crippen molar-refractivity contribution in [1.82, 2.24) is 5.32 Å². The number of thioether (sulfide) groups is 1. The third-order valence-electron chi connectivity index (χ3n) is 2.99. The average molecular weight is 272 g/mol. The summed E-state index contributed by atoms with van der Waals surface area (Å²) in [6.45, 7) is 6.81. The summed E-state index contributed by atoms with van der Waals surface area (Å²) in [5.41, 5.74) is 0.929. The van der Waals surface area contributed by atoms with Gasteiger partial charge in [0.25, 0.3) is 5.76 Å². The van der Waals surface area contributed by atoms with E-state index in [1.54, 1.807) is 6.07 Å². The van der Waals surface area contributed by atoms with Gasteiger partial charge in [0.1, 0.15) is 0 Å². The second-order valence-corrected chi connectivity index (χ2v) is 6.11. The van der Waals surface area contributed by atoms with E-state index < -0.39 is 5.76 Å². The van der Waals surface area contributed by atoms with Crippen molar-refractivity contribution in [2.24, 2.45) is 0 Å². The largest absolute Gasteiger partial charge is 0.368 e. The van der Waals surface area contributed by atoms with E-state index in [4.69, 9.17) is 0 Å². The van der Waals surface area contributed by atoms with Crippen molar-refractivity contribution >= 4 is 17.4 Å². The first-order chi connectivity index (χ1) is 8.48. The molecule has 1 aliphatic rings. The fourth-order valence-corrected chi connectivity index (χ4v) is 2.93. The molecule has 0 unspecified atom stereocenters. The Morgan fingerprint density at radius 2 is 2.06 bits per heavy atom. The number of anilines is 1. The molecular formula is C13H18F2N2S. The van der Waals surface area contributed by atoms with Crippen LogP contribution >= 0.6 is 11.8 Å². The number of para-hydroxylation sites is 1. The quantitative estimate of drug-likeness (QED) is 0.851. The standard InChI is InChI=1S/C13H18F2N2S/c1-13(2)9-17(8-7-16-13)10-5-3-4-6-11(10)18-12(14)15/h3-6,12,16H,7-9H2,1-2H3. The Kier molecular flexibility index (Phi) is 4.12.